The summed E-state index contributed by atoms with van der Waals surface area (Å²) >= 11 is 0. The Morgan fingerprint density at radius 2 is 2.23 bits per heavy atom. The normalized spacial score (nSPS) is 45.4. The summed E-state index contributed by atoms with van der Waals surface area (Å²) in [4.78, 5) is 0. The predicted molar refractivity (Wildman–Crippen MR) is 47.5 cm³/mol. The summed E-state index contributed by atoms with van der Waals surface area (Å²) in [6, 6.07) is -0.833. The van der Waals surface area contributed by atoms with Crippen molar-refractivity contribution in [1.29, 1.82) is 0 Å². The molecule has 0 spiro atoms. The number of hydrogen-bond donors (Lipinski definition) is 2. The van der Waals surface area contributed by atoms with Crippen molar-refractivity contribution >= 4 is 7.85 Å². The van der Waals surface area contributed by atoms with Gasteiger partial charge in [0.15, 0.2) is 0 Å². The number of hydrogen-bond acceptors (Lipinski definition) is 4. The third kappa shape index (κ3) is 2.04. The van der Waals surface area contributed by atoms with E-state index in [1.54, 1.807) is 0 Å². The molecule has 0 aromatic heterocycles. The molecular formula is C8H15BO4. The van der Waals surface area contributed by atoms with Crippen LogP contribution < -0.4 is 0 Å². The Morgan fingerprint density at radius 1 is 1.62 bits per heavy atom. The minimum absolute atomic E-state index is 0.244. The van der Waals surface area contributed by atoms with Gasteiger partial charge >= 0.3 is 0 Å². The Labute approximate surface area is 79.3 Å². The molecule has 1 unspecified atom stereocenters. The molecular weight excluding hydrogens is 171 g/mol. The Hall–Kier alpha value is -0.0951. The van der Waals surface area contributed by atoms with Gasteiger partial charge in [-0.25, -0.2) is 0 Å². The van der Waals surface area contributed by atoms with Gasteiger partial charge in [0.1, 0.15) is 25.7 Å². The van der Waals surface area contributed by atoms with E-state index in [-0.39, 0.29) is 6.61 Å². The number of rotatable bonds is 3. The zero-order valence-electron chi connectivity index (χ0n) is 7.93. The Morgan fingerprint density at radius 3 is 2.62 bits per heavy atom. The first-order chi connectivity index (χ1) is 6.00. The highest BCUT2D eigenvalue weighted by Crippen LogP contribution is 2.29. The van der Waals surface area contributed by atoms with Crippen molar-refractivity contribution < 1.29 is 19.7 Å². The van der Waals surface area contributed by atoms with Gasteiger partial charge in [-0.05, 0) is 13.8 Å². The van der Waals surface area contributed by atoms with Crippen molar-refractivity contribution in [2.45, 2.75) is 37.7 Å². The van der Waals surface area contributed by atoms with E-state index in [1.807, 2.05) is 6.92 Å². The molecule has 1 fully saturated rings. The van der Waals surface area contributed by atoms with Crippen LogP contribution in [0.5, 0.6) is 0 Å². The minimum atomic E-state index is -1.32. The van der Waals surface area contributed by atoms with Crippen LogP contribution in [0.2, 0.25) is 0 Å². The van der Waals surface area contributed by atoms with Crippen molar-refractivity contribution in [2.24, 2.45) is 0 Å². The molecule has 1 rings (SSSR count). The molecule has 74 valence electrons. The zero-order valence-corrected chi connectivity index (χ0v) is 7.93. The van der Waals surface area contributed by atoms with Crippen LogP contribution in [0.25, 0.3) is 0 Å². The molecule has 2 radical (unpaired) electrons. The molecule has 13 heavy (non-hydrogen) atoms. The highest BCUT2D eigenvalue weighted by Gasteiger charge is 2.49. The molecule has 0 amide bonds. The number of aliphatic hydroxyl groups is 2. The maximum absolute atomic E-state index is 9.78. The second-order valence-electron chi connectivity index (χ2n) is 3.42. The minimum Gasteiger partial charge on any atom is -0.388 e. The topological polar surface area (TPSA) is 58.9 Å². The van der Waals surface area contributed by atoms with Gasteiger partial charge in [-0.3, -0.25) is 0 Å². The monoisotopic (exact) mass is 186 g/mol. The molecule has 4 atom stereocenters. The molecule has 0 aromatic carbocycles. The lowest BCUT2D eigenvalue weighted by Crippen LogP contribution is -2.47. The average molecular weight is 186 g/mol. The number of ether oxygens (including phenoxy) is 2. The molecule has 0 aliphatic carbocycles. The van der Waals surface area contributed by atoms with Gasteiger partial charge < -0.3 is 19.7 Å². The summed E-state index contributed by atoms with van der Waals surface area (Å²) in [6.07, 6.45) is -1.62. The fourth-order valence-electron chi connectivity index (χ4n) is 1.36. The summed E-state index contributed by atoms with van der Waals surface area (Å²) in [6.45, 7) is 4.13. The van der Waals surface area contributed by atoms with Crippen molar-refractivity contribution in [1.82, 2.24) is 0 Å². The van der Waals surface area contributed by atoms with Crippen molar-refractivity contribution in [3.05, 3.63) is 0 Å². The number of aliphatic hydroxyl groups excluding tert-OH is 1. The maximum atomic E-state index is 9.78. The first-order valence-electron chi connectivity index (χ1n) is 4.39. The lowest BCUT2D eigenvalue weighted by atomic mass is 9.86. The zero-order chi connectivity index (χ0) is 10.1. The molecule has 1 saturated heterocycles. The van der Waals surface area contributed by atoms with Crippen LogP contribution in [0.1, 0.15) is 13.8 Å². The maximum Gasteiger partial charge on any atom is 0.118 e. The summed E-state index contributed by atoms with van der Waals surface area (Å²) in [7, 11) is 5.43. The van der Waals surface area contributed by atoms with Gasteiger partial charge in [0.2, 0.25) is 0 Å². The van der Waals surface area contributed by atoms with Gasteiger partial charge in [-0.2, -0.15) is 0 Å². The highest BCUT2D eigenvalue weighted by molar-refractivity contribution is 6.11. The molecule has 5 heteroatoms. The van der Waals surface area contributed by atoms with E-state index < -0.39 is 23.8 Å². The largest absolute Gasteiger partial charge is 0.388 e. The second-order valence-corrected chi connectivity index (χ2v) is 3.42. The lowest BCUT2D eigenvalue weighted by molar-refractivity contribution is -0.0893. The Balaban J connectivity index is 2.56. The fourth-order valence-corrected chi connectivity index (χ4v) is 1.36. The van der Waals surface area contributed by atoms with E-state index in [4.69, 9.17) is 17.3 Å². The SMILES string of the molecule is [B]C1O[C@H](COCC)[C@](C)(O)[C@H]1O. The van der Waals surface area contributed by atoms with Crippen LogP contribution in [0.4, 0.5) is 0 Å². The summed E-state index contributed by atoms with van der Waals surface area (Å²) in [5.41, 5.74) is -1.32. The molecule has 4 nitrogen and oxygen atoms in total. The van der Waals surface area contributed by atoms with E-state index in [0.29, 0.717) is 6.61 Å². The van der Waals surface area contributed by atoms with Crippen LogP contribution >= 0.6 is 0 Å². The Kier molecular flexibility index (Phi) is 3.35. The summed E-state index contributed by atoms with van der Waals surface area (Å²) in [5.74, 6) is 0. The first kappa shape index (κ1) is 11.0. The predicted octanol–water partition coefficient (Wildman–Crippen LogP) is -0.972. The first-order valence-corrected chi connectivity index (χ1v) is 4.39. The van der Waals surface area contributed by atoms with Gasteiger partial charge in [0, 0.05) is 12.6 Å². The summed E-state index contributed by atoms with van der Waals surface area (Å²) < 4.78 is 10.2. The van der Waals surface area contributed by atoms with Gasteiger partial charge in [-0.15, -0.1) is 0 Å². The molecule has 1 heterocycles. The van der Waals surface area contributed by atoms with E-state index in [1.165, 1.54) is 6.92 Å². The summed E-state index contributed by atoms with van der Waals surface area (Å²) in [5, 5.41) is 19.2. The van der Waals surface area contributed by atoms with E-state index >= 15 is 0 Å². The van der Waals surface area contributed by atoms with Crippen LogP contribution in [-0.4, -0.2) is 55.1 Å². The standard InChI is InChI=1S/C8H15BO4/c1-3-12-4-5-8(2,11)6(10)7(9)13-5/h5-7,10-11H,3-4H2,1-2H3/t5-,6+,7?,8+/m1/s1. The average Bonchev–Trinajstić information content (AvgIpc) is 2.26. The molecule has 1 aliphatic heterocycles. The van der Waals surface area contributed by atoms with Crippen molar-refractivity contribution in [3.63, 3.8) is 0 Å². The third-order valence-corrected chi connectivity index (χ3v) is 2.36. The Bertz CT molecular complexity index is 174. The van der Waals surface area contributed by atoms with Gasteiger partial charge in [0.05, 0.1) is 6.61 Å². The molecule has 0 saturated carbocycles. The van der Waals surface area contributed by atoms with Crippen LogP contribution in [0, 0.1) is 0 Å². The lowest BCUT2D eigenvalue weighted by Gasteiger charge is -2.26. The third-order valence-electron chi connectivity index (χ3n) is 2.36. The van der Waals surface area contributed by atoms with Crippen LogP contribution in [-0.2, 0) is 9.47 Å². The van der Waals surface area contributed by atoms with Gasteiger partial charge in [0.25, 0.3) is 0 Å². The fraction of sp³-hybridized carbons (Fsp3) is 1.00. The molecule has 2 N–H and O–H groups in total. The molecule has 1 aliphatic rings. The van der Waals surface area contributed by atoms with E-state index in [2.05, 4.69) is 0 Å². The van der Waals surface area contributed by atoms with Gasteiger partial charge in [-0.1, -0.05) is 0 Å². The van der Waals surface area contributed by atoms with Crippen molar-refractivity contribution in [3.8, 4) is 0 Å². The van der Waals surface area contributed by atoms with Crippen molar-refractivity contribution in [2.75, 3.05) is 13.2 Å². The quantitative estimate of drug-likeness (QED) is 0.556. The van der Waals surface area contributed by atoms with Crippen LogP contribution in [0.15, 0.2) is 0 Å². The highest BCUT2D eigenvalue weighted by atomic mass is 16.6. The van der Waals surface area contributed by atoms with E-state index in [0.717, 1.165) is 0 Å². The molecule has 0 aromatic rings. The second kappa shape index (κ2) is 3.96. The van der Waals surface area contributed by atoms with Crippen LogP contribution in [0.3, 0.4) is 0 Å². The van der Waals surface area contributed by atoms with E-state index in [9.17, 15) is 10.2 Å². The molecule has 0 bridgehead atoms. The smallest absolute Gasteiger partial charge is 0.118 e.